The first-order chi connectivity index (χ1) is 9.63. The second kappa shape index (κ2) is 6.61. The Morgan fingerprint density at radius 1 is 1.30 bits per heavy atom. The van der Waals surface area contributed by atoms with E-state index < -0.39 is 0 Å². The number of unbranched alkanes of at least 4 members (excludes halogenated alkanes) is 1. The summed E-state index contributed by atoms with van der Waals surface area (Å²) >= 11 is 1.45. The maximum absolute atomic E-state index is 12.0. The fourth-order valence-electron chi connectivity index (χ4n) is 1.88. The molecular formula is C15H19N3OS. The number of benzene rings is 1. The van der Waals surface area contributed by atoms with Crippen molar-refractivity contribution in [3.63, 3.8) is 0 Å². The van der Waals surface area contributed by atoms with Crippen molar-refractivity contribution in [3.05, 3.63) is 29.8 Å². The number of amides is 1. The van der Waals surface area contributed by atoms with E-state index in [1.165, 1.54) is 11.3 Å². The predicted molar refractivity (Wildman–Crippen MR) is 83.0 cm³/mol. The lowest BCUT2D eigenvalue weighted by Gasteiger charge is -2.12. The minimum Gasteiger partial charge on any atom is -0.290 e. The number of carbonyl (C=O) groups is 1. The van der Waals surface area contributed by atoms with Gasteiger partial charge in [-0.05, 0) is 18.9 Å². The number of aromatic nitrogens is 2. The van der Waals surface area contributed by atoms with Crippen LogP contribution in [0.3, 0.4) is 0 Å². The number of carbonyl (C=O) groups excluding carboxylic acids is 1. The molecule has 4 nitrogen and oxygen atoms in total. The molecule has 0 unspecified atom stereocenters. The van der Waals surface area contributed by atoms with Crippen LogP contribution >= 0.6 is 11.3 Å². The van der Waals surface area contributed by atoms with Crippen molar-refractivity contribution in [2.75, 3.05) is 11.9 Å². The summed E-state index contributed by atoms with van der Waals surface area (Å²) < 4.78 is 0. The molecule has 106 valence electrons. The third-order valence-electron chi connectivity index (χ3n) is 3.20. The van der Waals surface area contributed by atoms with Crippen LogP contribution in [0.25, 0.3) is 10.6 Å². The highest BCUT2D eigenvalue weighted by Crippen LogP contribution is 2.30. The standard InChI is InChI=1S/C15H19N3OS/c1-4-5-10-13(19)18(3)15-17-16-14(20-15)12-9-7-6-8-11(12)2/h6-9H,4-5,10H2,1-3H3. The van der Waals surface area contributed by atoms with Gasteiger partial charge in [-0.2, -0.15) is 0 Å². The molecule has 0 radical (unpaired) electrons. The van der Waals surface area contributed by atoms with E-state index in [9.17, 15) is 4.79 Å². The highest BCUT2D eigenvalue weighted by atomic mass is 32.1. The largest absolute Gasteiger partial charge is 0.290 e. The quantitative estimate of drug-likeness (QED) is 0.843. The maximum Gasteiger partial charge on any atom is 0.228 e. The summed E-state index contributed by atoms with van der Waals surface area (Å²) in [6.07, 6.45) is 2.49. The molecule has 0 fully saturated rings. The van der Waals surface area contributed by atoms with Crippen molar-refractivity contribution in [2.45, 2.75) is 33.1 Å². The van der Waals surface area contributed by atoms with E-state index in [2.05, 4.69) is 17.1 Å². The molecule has 1 aromatic heterocycles. The number of anilines is 1. The van der Waals surface area contributed by atoms with Gasteiger partial charge in [0.1, 0.15) is 5.01 Å². The van der Waals surface area contributed by atoms with Crippen molar-refractivity contribution < 1.29 is 4.79 Å². The molecule has 5 heteroatoms. The zero-order valence-corrected chi connectivity index (χ0v) is 12.9. The van der Waals surface area contributed by atoms with Crippen LogP contribution in [0.2, 0.25) is 0 Å². The van der Waals surface area contributed by atoms with Crippen LogP contribution in [-0.2, 0) is 4.79 Å². The van der Waals surface area contributed by atoms with E-state index >= 15 is 0 Å². The molecule has 20 heavy (non-hydrogen) atoms. The maximum atomic E-state index is 12.0. The number of hydrogen-bond acceptors (Lipinski definition) is 4. The van der Waals surface area contributed by atoms with Gasteiger partial charge in [-0.15, -0.1) is 10.2 Å². The zero-order valence-electron chi connectivity index (χ0n) is 12.1. The second-order valence-corrected chi connectivity index (χ2v) is 5.72. The Morgan fingerprint density at radius 3 is 2.75 bits per heavy atom. The molecule has 2 rings (SSSR count). The number of rotatable bonds is 5. The minimum atomic E-state index is 0.0966. The first-order valence-electron chi connectivity index (χ1n) is 6.79. The Labute approximate surface area is 123 Å². The summed E-state index contributed by atoms with van der Waals surface area (Å²) in [5, 5.41) is 9.85. The molecule has 1 amide bonds. The lowest BCUT2D eigenvalue weighted by Crippen LogP contribution is -2.25. The smallest absolute Gasteiger partial charge is 0.228 e. The predicted octanol–water partition coefficient (Wildman–Crippen LogP) is 3.67. The molecule has 2 aromatic rings. The normalized spacial score (nSPS) is 10.6. The number of hydrogen-bond donors (Lipinski definition) is 0. The third-order valence-corrected chi connectivity index (χ3v) is 4.23. The summed E-state index contributed by atoms with van der Waals surface area (Å²) in [5.41, 5.74) is 2.24. The van der Waals surface area contributed by atoms with Gasteiger partial charge in [-0.3, -0.25) is 9.69 Å². The number of nitrogens with zero attached hydrogens (tertiary/aromatic N) is 3. The first-order valence-corrected chi connectivity index (χ1v) is 7.61. The Bertz CT molecular complexity index is 594. The molecule has 0 aliphatic carbocycles. The van der Waals surface area contributed by atoms with Crippen LogP contribution in [-0.4, -0.2) is 23.2 Å². The summed E-state index contributed by atoms with van der Waals surface area (Å²) in [6.45, 7) is 4.13. The molecular weight excluding hydrogens is 270 g/mol. The SMILES string of the molecule is CCCCC(=O)N(C)c1nnc(-c2ccccc2C)s1. The van der Waals surface area contributed by atoms with Gasteiger partial charge in [-0.1, -0.05) is 48.9 Å². The van der Waals surface area contributed by atoms with E-state index in [4.69, 9.17) is 0 Å². The molecule has 0 aliphatic rings. The van der Waals surface area contributed by atoms with Gasteiger partial charge in [0, 0.05) is 19.0 Å². The average molecular weight is 289 g/mol. The Balaban J connectivity index is 2.17. The van der Waals surface area contributed by atoms with Gasteiger partial charge < -0.3 is 0 Å². The van der Waals surface area contributed by atoms with Gasteiger partial charge in [0.05, 0.1) is 0 Å². The monoisotopic (exact) mass is 289 g/mol. The molecule has 0 saturated heterocycles. The van der Waals surface area contributed by atoms with E-state index in [1.807, 2.05) is 31.2 Å². The highest BCUT2D eigenvalue weighted by molar-refractivity contribution is 7.18. The van der Waals surface area contributed by atoms with Crippen LogP contribution < -0.4 is 4.90 Å². The molecule has 0 aliphatic heterocycles. The molecule has 1 heterocycles. The molecule has 0 bridgehead atoms. The Kier molecular flexibility index (Phi) is 4.84. The molecule has 1 aromatic carbocycles. The lowest BCUT2D eigenvalue weighted by molar-refractivity contribution is -0.118. The van der Waals surface area contributed by atoms with Crippen LogP contribution in [0, 0.1) is 6.92 Å². The van der Waals surface area contributed by atoms with Crippen LogP contribution in [0.5, 0.6) is 0 Å². The fourth-order valence-corrected chi connectivity index (χ4v) is 2.79. The average Bonchev–Trinajstić information content (AvgIpc) is 2.94. The fraction of sp³-hybridized carbons (Fsp3) is 0.400. The van der Waals surface area contributed by atoms with Gasteiger partial charge in [0.25, 0.3) is 0 Å². The summed E-state index contributed by atoms with van der Waals surface area (Å²) in [4.78, 5) is 13.6. The minimum absolute atomic E-state index is 0.0966. The molecule has 0 N–H and O–H groups in total. The summed E-state index contributed by atoms with van der Waals surface area (Å²) in [6, 6.07) is 8.06. The molecule has 0 spiro atoms. The lowest BCUT2D eigenvalue weighted by atomic mass is 10.1. The van der Waals surface area contributed by atoms with Crippen molar-refractivity contribution >= 4 is 22.4 Å². The molecule has 0 saturated carbocycles. The second-order valence-electron chi connectivity index (χ2n) is 4.76. The zero-order chi connectivity index (χ0) is 14.5. The van der Waals surface area contributed by atoms with Gasteiger partial charge in [0.2, 0.25) is 11.0 Å². The third kappa shape index (κ3) is 3.22. The van der Waals surface area contributed by atoms with E-state index in [0.717, 1.165) is 29.0 Å². The van der Waals surface area contributed by atoms with E-state index in [-0.39, 0.29) is 5.91 Å². The van der Waals surface area contributed by atoms with Crippen molar-refractivity contribution in [2.24, 2.45) is 0 Å². The van der Waals surface area contributed by atoms with E-state index in [0.29, 0.717) is 11.6 Å². The van der Waals surface area contributed by atoms with Gasteiger partial charge >= 0.3 is 0 Å². The summed E-state index contributed by atoms with van der Waals surface area (Å²) in [7, 11) is 1.76. The van der Waals surface area contributed by atoms with Crippen molar-refractivity contribution in [1.82, 2.24) is 10.2 Å². The number of aryl methyl sites for hydroxylation is 1. The first kappa shape index (κ1) is 14.7. The van der Waals surface area contributed by atoms with Gasteiger partial charge in [-0.25, -0.2) is 0 Å². The topological polar surface area (TPSA) is 46.1 Å². The van der Waals surface area contributed by atoms with Crippen molar-refractivity contribution in [3.8, 4) is 10.6 Å². The highest BCUT2D eigenvalue weighted by Gasteiger charge is 2.16. The van der Waals surface area contributed by atoms with Crippen LogP contribution in [0.15, 0.2) is 24.3 Å². The summed E-state index contributed by atoms with van der Waals surface area (Å²) in [5.74, 6) is 0.0966. The molecule has 0 atom stereocenters. The Morgan fingerprint density at radius 2 is 2.05 bits per heavy atom. The van der Waals surface area contributed by atoms with E-state index in [1.54, 1.807) is 11.9 Å². The Hall–Kier alpha value is -1.75. The van der Waals surface area contributed by atoms with Crippen LogP contribution in [0.4, 0.5) is 5.13 Å². The van der Waals surface area contributed by atoms with Gasteiger partial charge in [0.15, 0.2) is 0 Å². The van der Waals surface area contributed by atoms with Crippen LogP contribution in [0.1, 0.15) is 31.7 Å². The van der Waals surface area contributed by atoms with Crippen molar-refractivity contribution in [1.29, 1.82) is 0 Å².